The summed E-state index contributed by atoms with van der Waals surface area (Å²) in [4.78, 5) is 25.8. The number of ether oxygens (including phenoxy) is 2. The normalized spacial score (nSPS) is 20.6. The van der Waals surface area contributed by atoms with Gasteiger partial charge in [-0.25, -0.2) is 13.2 Å². The molecule has 28 heavy (non-hydrogen) atoms. The largest absolute Gasteiger partial charge is 0.452 e. The second kappa shape index (κ2) is 9.49. The van der Waals surface area contributed by atoms with Crippen molar-refractivity contribution in [2.75, 3.05) is 32.8 Å². The van der Waals surface area contributed by atoms with Crippen molar-refractivity contribution in [3.63, 3.8) is 0 Å². The van der Waals surface area contributed by atoms with Gasteiger partial charge >= 0.3 is 5.97 Å². The number of carbonyl (C=O) groups is 2. The third-order valence-corrected chi connectivity index (χ3v) is 6.36. The van der Waals surface area contributed by atoms with Gasteiger partial charge in [0.15, 0.2) is 6.61 Å². The van der Waals surface area contributed by atoms with Crippen LogP contribution in [0.5, 0.6) is 0 Å². The summed E-state index contributed by atoms with van der Waals surface area (Å²) in [6.07, 6.45) is -0.421. The number of likely N-dealkylation sites (N-methyl/N-ethyl adjacent to an activating group) is 1. The van der Waals surface area contributed by atoms with Gasteiger partial charge in [-0.3, -0.25) is 4.79 Å². The van der Waals surface area contributed by atoms with E-state index in [4.69, 9.17) is 9.47 Å². The molecule has 0 N–H and O–H groups in total. The molecule has 2 atom stereocenters. The fourth-order valence-corrected chi connectivity index (χ4v) is 4.77. The quantitative estimate of drug-likeness (QED) is 0.630. The first kappa shape index (κ1) is 22.3. The fourth-order valence-electron chi connectivity index (χ4n) is 3.14. The van der Waals surface area contributed by atoms with Gasteiger partial charge in [0, 0.05) is 26.2 Å². The van der Waals surface area contributed by atoms with Gasteiger partial charge in [-0.1, -0.05) is 6.07 Å². The maximum atomic E-state index is 12.9. The topological polar surface area (TPSA) is 93.2 Å². The highest BCUT2D eigenvalue weighted by molar-refractivity contribution is 7.89. The summed E-state index contributed by atoms with van der Waals surface area (Å²) in [6.45, 7) is 8.48. The number of hydrogen-bond donors (Lipinski definition) is 0. The molecule has 0 bridgehead atoms. The van der Waals surface area contributed by atoms with E-state index in [0.717, 1.165) is 0 Å². The van der Waals surface area contributed by atoms with E-state index in [1.807, 2.05) is 27.7 Å². The van der Waals surface area contributed by atoms with E-state index in [1.165, 1.54) is 28.6 Å². The zero-order valence-electron chi connectivity index (χ0n) is 16.8. The number of esters is 1. The lowest BCUT2D eigenvalue weighted by Crippen LogP contribution is -2.48. The Balaban J connectivity index is 2.12. The summed E-state index contributed by atoms with van der Waals surface area (Å²) in [7, 11) is -3.77. The highest BCUT2D eigenvalue weighted by Gasteiger charge is 2.32. The average Bonchev–Trinajstić information content (AvgIpc) is 2.66. The van der Waals surface area contributed by atoms with E-state index in [0.29, 0.717) is 13.1 Å². The maximum absolute atomic E-state index is 12.9. The van der Waals surface area contributed by atoms with Crippen molar-refractivity contribution in [3.05, 3.63) is 29.8 Å². The third-order valence-electron chi connectivity index (χ3n) is 4.54. The second-order valence-electron chi connectivity index (χ2n) is 6.75. The number of rotatable bonds is 7. The van der Waals surface area contributed by atoms with Crippen LogP contribution in [-0.2, 0) is 24.3 Å². The lowest BCUT2D eigenvalue weighted by Gasteiger charge is -2.34. The molecule has 0 aromatic heterocycles. The molecule has 0 saturated carbocycles. The van der Waals surface area contributed by atoms with E-state index >= 15 is 0 Å². The number of amides is 1. The van der Waals surface area contributed by atoms with Crippen LogP contribution in [0.3, 0.4) is 0 Å². The lowest BCUT2D eigenvalue weighted by atomic mass is 10.2. The van der Waals surface area contributed by atoms with Crippen LogP contribution in [0.1, 0.15) is 38.1 Å². The highest BCUT2D eigenvalue weighted by atomic mass is 32.2. The Hall–Kier alpha value is -1.97. The molecule has 2 unspecified atom stereocenters. The Morgan fingerprint density at radius 2 is 1.79 bits per heavy atom. The summed E-state index contributed by atoms with van der Waals surface area (Å²) < 4.78 is 37.9. The van der Waals surface area contributed by atoms with E-state index < -0.39 is 16.0 Å². The van der Waals surface area contributed by atoms with E-state index in [9.17, 15) is 18.0 Å². The van der Waals surface area contributed by atoms with Crippen molar-refractivity contribution < 1.29 is 27.5 Å². The van der Waals surface area contributed by atoms with E-state index in [-0.39, 0.29) is 48.3 Å². The van der Waals surface area contributed by atoms with Crippen molar-refractivity contribution in [2.45, 2.75) is 44.8 Å². The predicted octanol–water partition coefficient (Wildman–Crippen LogP) is 1.51. The van der Waals surface area contributed by atoms with Gasteiger partial charge in [-0.15, -0.1) is 0 Å². The summed E-state index contributed by atoms with van der Waals surface area (Å²) in [5.74, 6) is -1.03. The smallest absolute Gasteiger partial charge is 0.338 e. The van der Waals surface area contributed by atoms with Crippen molar-refractivity contribution in [2.24, 2.45) is 0 Å². The van der Waals surface area contributed by atoms with Crippen LogP contribution in [0.25, 0.3) is 0 Å². The fraction of sp³-hybridized carbons (Fsp3) is 0.579. The lowest BCUT2D eigenvalue weighted by molar-refractivity contribution is -0.134. The van der Waals surface area contributed by atoms with Gasteiger partial charge in [-0.05, 0) is 45.9 Å². The molecule has 9 heteroatoms. The van der Waals surface area contributed by atoms with Gasteiger partial charge in [0.2, 0.25) is 10.0 Å². The second-order valence-corrected chi connectivity index (χ2v) is 8.69. The summed E-state index contributed by atoms with van der Waals surface area (Å²) in [5, 5.41) is 0. The minimum atomic E-state index is -3.77. The Kier molecular flexibility index (Phi) is 7.56. The van der Waals surface area contributed by atoms with Gasteiger partial charge in [0.1, 0.15) is 0 Å². The molecule has 156 valence electrons. The number of sulfonamides is 1. The number of nitrogens with zero attached hydrogens (tertiary/aromatic N) is 2. The highest BCUT2D eigenvalue weighted by Crippen LogP contribution is 2.22. The molecule has 0 aliphatic carbocycles. The van der Waals surface area contributed by atoms with Gasteiger partial charge < -0.3 is 14.4 Å². The van der Waals surface area contributed by atoms with Gasteiger partial charge in [0.05, 0.1) is 22.7 Å². The van der Waals surface area contributed by atoms with Crippen LogP contribution in [-0.4, -0.2) is 74.5 Å². The Morgan fingerprint density at radius 3 is 2.36 bits per heavy atom. The minimum Gasteiger partial charge on any atom is -0.452 e. The van der Waals surface area contributed by atoms with E-state index in [2.05, 4.69) is 0 Å². The molecule has 1 aromatic rings. The van der Waals surface area contributed by atoms with Gasteiger partial charge in [0.25, 0.3) is 5.91 Å². The molecule has 1 heterocycles. The summed E-state index contributed by atoms with van der Waals surface area (Å²) >= 11 is 0. The van der Waals surface area contributed by atoms with Crippen LogP contribution in [0.2, 0.25) is 0 Å². The molecular weight excluding hydrogens is 384 g/mol. The zero-order chi connectivity index (χ0) is 20.9. The van der Waals surface area contributed by atoms with Crippen molar-refractivity contribution in [1.29, 1.82) is 0 Å². The molecule has 1 aliphatic heterocycles. The Morgan fingerprint density at radius 1 is 1.18 bits per heavy atom. The molecule has 8 nitrogen and oxygen atoms in total. The molecule has 2 rings (SSSR count). The third kappa shape index (κ3) is 5.30. The first-order valence-corrected chi connectivity index (χ1v) is 10.8. The number of morpholine rings is 1. The van der Waals surface area contributed by atoms with Crippen LogP contribution in [0, 0.1) is 0 Å². The average molecular weight is 413 g/mol. The standard InChI is InChI=1S/C19H28N2O6S/c1-5-20(6-2)18(22)13-26-19(23)16-8-7-9-17(10-16)28(24,25)21-11-14(3)27-15(4)12-21/h7-10,14-15H,5-6,11-13H2,1-4H3. The molecule has 0 spiro atoms. The maximum Gasteiger partial charge on any atom is 0.338 e. The van der Waals surface area contributed by atoms with Crippen LogP contribution in [0.15, 0.2) is 29.2 Å². The molecule has 1 fully saturated rings. The van der Waals surface area contributed by atoms with E-state index in [1.54, 1.807) is 4.90 Å². The molecule has 1 aromatic carbocycles. The van der Waals surface area contributed by atoms with Crippen molar-refractivity contribution in [1.82, 2.24) is 9.21 Å². The number of benzene rings is 1. The molecular formula is C19H28N2O6S. The Bertz CT molecular complexity index is 796. The van der Waals surface area contributed by atoms with Crippen molar-refractivity contribution >= 4 is 21.9 Å². The first-order chi connectivity index (χ1) is 13.2. The zero-order valence-corrected chi connectivity index (χ0v) is 17.6. The molecule has 1 saturated heterocycles. The Labute approximate surface area is 166 Å². The van der Waals surface area contributed by atoms with Gasteiger partial charge in [-0.2, -0.15) is 4.31 Å². The molecule has 0 radical (unpaired) electrons. The monoisotopic (exact) mass is 412 g/mol. The SMILES string of the molecule is CCN(CC)C(=O)COC(=O)c1cccc(S(=O)(=O)N2CC(C)OC(C)C2)c1. The first-order valence-electron chi connectivity index (χ1n) is 9.39. The van der Waals surface area contributed by atoms with Crippen LogP contribution in [0.4, 0.5) is 0 Å². The predicted molar refractivity (Wildman–Crippen MR) is 103 cm³/mol. The van der Waals surface area contributed by atoms with Crippen LogP contribution < -0.4 is 0 Å². The summed E-state index contributed by atoms with van der Waals surface area (Å²) in [6, 6.07) is 5.68. The number of hydrogen-bond acceptors (Lipinski definition) is 6. The summed E-state index contributed by atoms with van der Waals surface area (Å²) in [5.41, 5.74) is 0.0859. The molecule has 1 aliphatic rings. The molecule has 1 amide bonds. The van der Waals surface area contributed by atoms with Crippen molar-refractivity contribution in [3.8, 4) is 0 Å². The minimum absolute atomic E-state index is 0.0123. The number of carbonyl (C=O) groups excluding carboxylic acids is 2. The van der Waals surface area contributed by atoms with Crippen LogP contribution >= 0.6 is 0 Å².